The van der Waals surface area contributed by atoms with Crippen molar-refractivity contribution < 1.29 is 14.0 Å². The Bertz CT molecular complexity index is 822. The summed E-state index contributed by atoms with van der Waals surface area (Å²) in [6.45, 7) is 0. The summed E-state index contributed by atoms with van der Waals surface area (Å²) in [6.07, 6.45) is 1.60. The molecule has 3 heteroatoms. The molecule has 1 aliphatic rings. The molecule has 0 amide bonds. The van der Waals surface area contributed by atoms with Crippen molar-refractivity contribution in [1.82, 2.24) is 0 Å². The first-order valence-corrected chi connectivity index (χ1v) is 6.40. The SMILES string of the molecule is O=C1c2ccccc2C(=O)C1c1ccc2occc2c1. The number of benzene rings is 2. The molecule has 0 aliphatic heterocycles. The summed E-state index contributed by atoms with van der Waals surface area (Å²) in [6, 6.07) is 14.3. The van der Waals surface area contributed by atoms with Crippen molar-refractivity contribution in [1.29, 1.82) is 0 Å². The van der Waals surface area contributed by atoms with Gasteiger partial charge in [-0.1, -0.05) is 30.3 Å². The van der Waals surface area contributed by atoms with Crippen LogP contribution in [-0.4, -0.2) is 11.6 Å². The molecule has 0 radical (unpaired) electrons. The maximum absolute atomic E-state index is 12.4. The predicted octanol–water partition coefficient (Wildman–Crippen LogP) is 3.60. The standard InChI is InChI=1S/C17H10O3/c18-16-12-3-1-2-4-13(12)17(19)15(16)11-5-6-14-10(9-11)7-8-20-14/h1-9,15H. The van der Waals surface area contributed by atoms with E-state index in [1.54, 1.807) is 42.7 Å². The summed E-state index contributed by atoms with van der Waals surface area (Å²) < 4.78 is 5.28. The van der Waals surface area contributed by atoms with Crippen LogP contribution >= 0.6 is 0 Å². The molecule has 3 nitrogen and oxygen atoms in total. The Morgan fingerprint density at radius 1 is 0.850 bits per heavy atom. The zero-order valence-corrected chi connectivity index (χ0v) is 10.5. The van der Waals surface area contributed by atoms with E-state index >= 15 is 0 Å². The molecule has 1 aromatic heterocycles. The Labute approximate surface area is 114 Å². The largest absolute Gasteiger partial charge is 0.464 e. The van der Waals surface area contributed by atoms with Crippen LogP contribution in [-0.2, 0) is 0 Å². The van der Waals surface area contributed by atoms with Gasteiger partial charge in [-0.25, -0.2) is 0 Å². The fraction of sp³-hybridized carbons (Fsp3) is 0.0588. The van der Waals surface area contributed by atoms with Crippen molar-refractivity contribution in [3.05, 3.63) is 71.5 Å². The Hall–Kier alpha value is -2.68. The lowest BCUT2D eigenvalue weighted by Gasteiger charge is -2.07. The van der Waals surface area contributed by atoms with Crippen molar-refractivity contribution in [3.63, 3.8) is 0 Å². The monoisotopic (exact) mass is 262 g/mol. The topological polar surface area (TPSA) is 47.3 Å². The highest BCUT2D eigenvalue weighted by Gasteiger charge is 2.39. The van der Waals surface area contributed by atoms with Crippen molar-refractivity contribution >= 4 is 22.5 Å². The van der Waals surface area contributed by atoms with E-state index in [4.69, 9.17) is 4.42 Å². The third kappa shape index (κ3) is 1.40. The van der Waals surface area contributed by atoms with Crippen LogP contribution in [0.25, 0.3) is 11.0 Å². The number of hydrogen-bond donors (Lipinski definition) is 0. The number of fused-ring (bicyclic) bond motifs is 2. The predicted molar refractivity (Wildman–Crippen MR) is 74.1 cm³/mol. The molecule has 96 valence electrons. The van der Waals surface area contributed by atoms with E-state index in [1.165, 1.54) is 0 Å². The molecule has 0 saturated heterocycles. The van der Waals surface area contributed by atoms with E-state index in [-0.39, 0.29) is 11.6 Å². The van der Waals surface area contributed by atoms with E-state index in [0.29, 0.717) is 11.1 Å². The first-order valence-electron chi connectivity index (χ1n) is 6.40. The summed E-state index contributed by atoms with van der Waals surface area (Å²) in [7, 11) is 0. The molecule has 3 aromatic rings. The van der Waals surface area contributed by atoms with Gasteiger partial charge in [0.1, 0.15) is 11.5 Å². The molecule has 1 heterocycles. The van der Waals surface area contributed by atoms with E-state index in [1.807, 2.05) is 12.1 Å². The maximum atomic E-state index is 12.4. The third-order valence-corrected chi connectivity index (χ3v) is 3.79. The van der Waals surface area contributed by atoms with Crippen LogP contribution in [0.1, 0.15) is 32.2 Å². The highest BCUT2D eigenvalue weighted by atomic mass is 16.3. The second kappa shape index (κ2) is 3.90. The molecular weight excluding hydrogens is 252 g/mol. The first-order chi connectivity index (χ1) is 9.75. The van der Waals surface area contributed by atoms with Crippen molar-refractivity contribution in [2.75, 3.05) is 0 Å². The molecule has 1 aliphatic carbocycles. The summed E-state index contributed by atoms with van der Waals surface area (Å²) in [5.41, 5.74) is 2.53. The van der Waals surface area contributed by atoms with Crippen molar-refractivity contribution in [2.24, 2.45) is 0 Å². The van der Waals surface area contributed by atoms with E-state index in [0.717, 1.165) is 16.5 Å². The lowest BCUT2D eigenvalue weighted by molar-refractivity contribution is 0.0890. The van der Waals surface area contributed by atoms with Gasteiger partial charge < -0.3 is 4.42 Å². The Kier molecular flexibility index (Phi) is 2.18. The number of furan rings is 1. The van der Waals surface area contributed by atoms with Crippen molar-refractivity contribution in [2.45, 2.75) is 5.92 Å². The highest BCUT2D eigenvalue weighted by Crippen LogP contribution is 2.35. The summed E-state index contributed by atoms with van der Waals surface area (Å²) in [4.78, 5) is 24.9. The number of ketones is 2. The molecule has 0 saturated carbocycles. The van der Waals surface area contributed by atoms with Gasteiger partial charge in [-0.15, -0.1) is 0 Å². The molecule has 0 bridgehead atoms. The van der Waals surface area contributed by atoms with Gasteiger partial charge >= 0.3 is 0 Å². The second-order valence-electron chi connectivity index (χ2n) is 4.92. The molecule has 20 heavy (non-hydrogen) atoms. The van der Waals surface area contributed by atoms with E-state index in [2.05, 4.69) is 0 Å². The lowest BCUT2D eigenvalue weighted by Crippen LogP contribution is -2.12. The van der Waals surface area contributed by atoms with E-state index in [9.17, 15) is 9.59 Å². The second-order valence-corrected chi connectivity index (χ2v) is 4.92. The number of Topliss-reactive ketones (excluding diaryl/α,β-unsaturated/α-hetero) is 2. The number of carbonyl (C=O) groups is 2. The van der Waals surface area contributed by atoms with Gasteiger partial charge in [0, 0.05) is 16.5 Å². The minimum absolute atomic E-state index is 0.117. The molecule has 4 rings (SSSR count). The maximum Gasteiger partial charge on any atom is 0.178 e. The van der Waals surface area contributed by atoms with Gasteiger partial charge in [0.25, 0.3) is 0 Å². The number of carbonyl (C=O) groups excluding carboxylic acids is 2. The molecule has 0 spiro atoms. The normalized spacial score (nSPS) is 15.0. The molecular formula is C17H10O3. The van der Waals surface area contributed by atoms with Crippen LogP contribution in [0.4, 0.5) is 0 Å². The van der Waals surface area contributed by atoms with Gasteiger partial charge in [0.05, 0.1) is 6.26 Å². The Morgan fingerprint density at radius 3 is 2.25 bits per heavy atom. The fourth-order valence-corrected chi connectivity index (χ4v) is 2.81. The lowest BCUT2D eigenvalue weighted by atomic mass is 9.93. The van der Waals surface area contributed by atoms with Crippen molar-refractivity contribution in [3.8, 4) is 0 Å². The van der Waals surface area contributed by atoms with Crippen LogP contribution in [0, 0.1) is 0 Å². The average Bonchev–Trinajstić information content (AvgIpc) is 3.03. The van der Waals surface area contributed by atoms with Gasteiger partial charge in [-0.05, 0) is 23.8 Å². The van der Waals surface area contributed by atoms with Gasteiger partial charge in [0.15, 0.2) is 11.6 Å². The fourth-order valence-electron chi connectivity index (χ4n) is 2.81. The molecule has 0 fully saturated rings. The van der Waals surface area contributed by atoms with Gasteiger partial charge in [-0.2, -0.15) is 0 Å². The van der Waals surface area contributed by atoms with Crippen LogP contribution in [0.5, 0.6) is 0 Å². The quantitative estimate of drug-likeness (QED) is 0.629. The van der Waals surface area contributed by atoms with Gasteiger partial charge in [-0.3, -0.25) is 9.59 Å². The Balaban J connectivity index is 1.87. The first kappa shape index (κ1) is 11.2. The zero-order valence-electron chi connectivity index (χ0n) is 10.5. The summed E-state index contributed by atoms with van der Waals surface area (Å²) >= 11 is 0. The van der Waals surface area contributed by atoms with Crippen LogP contribution < -0.4 is 0 Å². The highest BCUT2D eigenvalue weighted by molar-refractivity contribution is 6.29. The molecule has 2 aromatic carbocycles. The van der Waals surface area contributed by atoms with E-state index < -0.39 is 5.92 Å². The Morgan fingerprint density at radius 2 is 1.55 bits per heavy atom. The average molecular weight is 262 g/mol. The molecule has 0 unspecified atom stereocenters. The zero-order chi connectivity index (χ0) is 13.7. The minimum atomic E-state index is -0.716. The third-order valence-electron chi connectivity index (χ3n) is 3.79. The summed E-state index contributed by atoms with van der Waals surface area (Å²) in [5.74, 6) is -0.950. The molecule has 0 atom stereocenters. The molecule has 0 N–H and O–H groups in total. The van der Waals surface area contributed by atoms with Crippen LogP contribution in [0.3, 0.4) is 0 Å². The number of rotatable bonds is 1. The van der Waals surface area contributed by atoms with Crippen LogP contribution in [0.2, 0.25) is 0 Å². The smallest absolute Gasteiger partial charge is 0.178 e. The number of hydrogen-bond acceptors (Lipinski definition) is 3. The minimum Gasteiger partial charge on any atom is -0.464 e. The van der Waals surface area contributed by atoms with Gasteiger partial charge in [0.2, 0.25) is 0 Å². The van der Waals surface area contributed by atoms with Crippen LogP contribution in [0.15, 0.2) is 59.2 Å². The summed E-state index contributed by atoms with van der Waals surface area (Å²) in [5, 5.41) is 0.902.